The maximum absolute atomic E-state index is 12.1. The molecule has 6 heteroatoms. The molecule has 26 heavy (non-hydrogen) atoms. The Morgan fingerprint density at radius 2 is 1.85 bits per heavy atom. The highest BCUT2D eigenvalue weighted by molar-refractivity contribution is 7.97. The molecule has 1 N–H and O–H groups in total. The Hall–Kier alpha value is -2.31. The van der Waals surface area contributed by atoms with Crippen molar-refractivity contribution in [2.45, 2.75) is 36.7 Å². The molecule has 5 nitrogen and oxygen atoms in total. The van der Waals surface area contributed by atoms with Gasteiger partial charge in [0.25, 0.3) is 0 Å². The van der Waals surface area contributed by atoms with Crippen LogP contribution in [-0.2, 0) is 22.7 Å². The monoisotopic (exact) mass is 368 g/mol. The van der Waals surface area contributed by atoms with E-state index in [-0.39, 0.29) is 17.7 Å². The van der Waals surface area contributed by atoms with Gasteiger partial charge in [-0.2, -0.15) is 0 Å². The Labute approximate surface area is 156 Å². The number of rotatable bonds is 4. The molecule has 1 saturated heterocycles. The number of piperidine rings is 1. The van der Waals surface area contributed by atoms with Crippen LogP contribution in [0.5, 0.6) is 5.75 Å². The fourth-order valence-corrected chi connectivity index (χ4v) is 4.42. The van der Waals surface area contributed by atoms with Crippen LogP contribution in [0, 0.1) is 0 Å². The first-order valence-corrected chi connectivity index (χ1v) is 9.42. The van der Waals surface area contributed by atoms with Crippen LogP contribution < -0.4 is 10.1 Å². The molecule has 2 amide bonds. The number of nitrogens with one attached hydrogen (secondary N) is 1. The largest absolute Gasteiger partial charge is 0.497 e. The summed E-state index contributed by atoms with van der Waals surface area (Å²) in [5.74, 6) is 0.285. The molecule has 4 rings (SSSR count). The molecule has 0 spiro atoms. The Kier molecular flexibility index (Phi) is 4.70. The molecular formula is C20H20N2O3S. The summed E-state index contributed by atoms with van der Waals surface area (Å²) in [7, 11) is 1.67. The quantitative estimate of drug-likeness (QED) is 0.663. The van der Waals surface area contributed by atoms with Gasteiger partial charge in [-0.05, 0) is 59.3 Å². The van der Waals surface area contributed by atoms with Crippen LogP contribution in [0.3, 0.4) is 0 Å². The second kappa shape index (κ2) is 7.13. The Balaban J connectivity index is 1.45. The van der Waals surface area contributed by atoms with Gasteiger partial charge in [0.05, 0.1) is 13.0 Å². The average Bonchev–Trinajstić information content (AvgIpc) is 3.03. The summed E-state index contributed by atoms with van der Waals surface area (Å²) in [6.07, 6.45) is 1.00. The molecule has 2 aromatic carbocycles. The van der Waals surface area contributed by atoms with Gasteiger partial charge in [0, 0.05) is 24.4 Å². The smallest absolute Gasteiger partial charge is 0.234 e. The number of fused-ring (bicyclic) bond motifs is 1. The van der Waals surface area contributed by atoms with Gasteiger partial charge in [0.2, 0.25) is 11.8 Å². The highest BCUT2D eigenvalue weighted by atomic mass is 32.2. The normalized spacial score (nSPS) is 20.0. The summed E-state index contributed by atoms with van der Waals surface area (Å²) in [6.45, 7) is 1.72. The summed E-state index contributed by atoms with van der Waals surface area (Å²) < 4.78 is 7.51. The van der Waals surface area contributed by atoms with E-state index >= 15 is 0 Å². The van der Waals surface area contributed by atoms with Gasteiger partial charge in [-0.25, -0.2) is 4.31 Å². The SMILES string of the molecule is COc1ccc(SN2Cc3ccc(C4CCC(=O)NC4=O)cc3C2)cc1. The number of benzene rings is 2. The summed E-state index contributed by atoms with van der Waals surface area (Å²) in [5.41, 5.74) is 3.56. The lowest BCUT2D eigenvalue weighted by Crippen LogP contribution is -2.39. The second-order valence-electron chi connectivity index (χ2n) is 6.60. The van der Waals surface area contributed by atoms with Crippen molar-refractivity contribution in [3.05, 3.63) is 59.2 Å². The molecule has 0 bridgehead atoms. The van der Waals surface area contributed by atoms with Gasteiger partial charge >= 0.3 is 0 Å². The van der Waals surface area contributed by atoms with E-state index in [1.54, 1.807) is 19.1 Å². The van der Waals surface area contributed by atoms with Crippen LogP contribution in [0.2, 0.25) is 0 Å². The van der Waals surface area contributed by atoms with E-state index in [1.165, 1.54) is 16.0 Å². The van der Waals surface area contributed by atoms with Crippen molar-refractivity contribution in [1.82, 2.24) is 9.62 Å². The number of methoxy groups -OCH3 is 1. The summed E-state index contributed by atoms with van der Waals surface area (Å²) >= 11 is 1.72. The van der Waals surface area contributed by atoms with Crippen LogP contribution in [-0.4, -0.2) is 23.2 Å². The molecule has 0 aromatic heterocycles. The number of nitrogens with zero attached hydrogens (tertiary/aromatic N) is 1. The van der Waals surface area contributed by atoms with E-state index in [0.29, 0.717) is 12.8 Å². The third kappa shape index (κ3) is 3.48. The highest BCUT2D eigenvalue weighted by Gasteiger charge is 2.29. The molecule has 1 unspecified atom stereocenters. The maximum atomic E-state index is 12.1. The van der Waals surface area contributed by atoms with Crippen LogP contribution >= 0.6 is 11.9 Å². The van der Waals surface area contributed by atoms with E-state index in [0.717, 1.165) is 24.4 Å². The lowest BCUT2D eigenvalue weighted by atomic mass is 9.89. The summed E-state index contributed by atoms with van der Waals surface area (Å²) in [4.78, 5) is 24.6. The standard InChI is InChI=1S/C20H20N2O3S/c1-25-16-4-6-17(7-5-16)26-22-11-14-3-2-13(10-15(14)12-22)18-8-9-19(23)21-20(18)24/h2-7,10,18H,8-9,11-12H2,1H3,(H,21,23,24). The first-order chi connectivity index (χ1) is 12.6. The maximum Gasteiger partial charge on any atom is 0.234 e. The van der Waals surface area contributed by atoms with Gasteiger partial charge in [-0.1, -0.05) is 18.2 Å². The number of carbonyl (C=O) groups excluding carboxylic acids is 2. The van der Waals surface area contributed by atoms with Crippen molar-refractivity contribution in [2.24, 2.45) is 0 Å². The lowest BCUT2D eigenvalue weighted by molar-refractivity contribution is -0.134. The number of hydrogen-bond acceptors (Lipinski definition) is 5. The zero-order chi connectivity index (χ0) is 18.1. The fraction of sp³-hybridized carbons (Fsp3) is 0.300. The zero-order valence-electron chi connectivity index (χ0n) is 14.5. The molecule has 0 saturated carbocycles. The molecule has 134 valence electrons. The van der Waals surface area contributed by atoms with Crippen LogP contribution in [0.1, 0.15) is 35.4 Å². The van der Waals surface area contributed by atoms with Crippen molar-refractivity contribution in [3.8, 4) is 5.75 Å². The van der Waals surface area contributed by atoms with Crippen LogP contribution in [0.25, 0.3) is 0 Å². The van der Waals surface area contributed by atoms with Gasteiger partial charge in [-0.3, -0.25) is 14.9 Å². The molecule has 2 aliphatic heterocycles. The lowest BCUT2D eigenvalue weighted by Gasteiger charge is -2.21. The molecule has 0 radical (unpaired) electrons. The fourth-order valence-electron chi connectivity index (χ4n) is 3.46. The van der Waals surface area contributed by atoms with Gasteiger partial charge < -0.3 is 4.74 Å². The van der Waals surface area contributed by atoms with E-state index in [1.807, 2.05) is 18.2 Å². The minimum Gasteiger partial charge on any atom is -0.497 e. The van der Waals surface area contributed by atoms with E-state index in [9.17, 15) is 9.59 Å². The predicted molar refractivity (Wildman–Crippen MR) is 99.7 cm³/mol. The molecule has 2 aromatic rings. The number of ether oxygens (including phenoxy) is 1. The zero-order valence-corrected chi connectivity index (χ0v) is 15.3. The van der Waals surface area contributed by atoms with Crippen LogP contribution in [0.4, 0.5) is 0 Å². The first-order valence-electron chi connectivity index (χ1n) is 8.65. The van der Waals surface area contributed by atoms with Crippen molar-refractivity contribution < 1.29 is 14.3 Å². The highest BCUT2D eigenvalue weighted by Crippen LogP contribution is 2.35. The Morgan fingerprint density at radius 1 is 1.08 bits per heavy atom. The number of imide groups is 1. The van der Waals surface area contributed by atoms with E-state index in [2.05, 4.69) is 33.9 Å². The van der Waals surface area contributed by atoms with Gasteiger partial charge in [-0.15, -0.1) is 0 Å². The van der Waals surface area contributed by atoms with Gasteiger partial charge in [0.1, 0.15) is 5.75 Å². The number of carbonyl (C=O) groups is 2. The Morgan fingerprint density at radius 3 is 2.58 bits per heavy atom. The van der Waals surface area contributed by atoms with Crippen molar-refractivity contribution >= 4 is 23.8 Å². The van der Waals surface area contributed by atoms with Crippen LogP contribution in [0.15, 0.2) is 47.4 Å². The van der Waals surface area contributed by atoms with E-state index in [4.69, 9.17) is 4.74 Å². The van der Waals surface area contributed by atoms with Crippen molar-refractivity contribution in [1.29, 1.82) is 0 Å². The van der Waals surface area contributed by atoms with E-state index < -0.39 is 0 Å². The van der Waals surface area contributed by atoms with Crippen molar-refractivity contribution in [2.75, 3.05) is 7.11 Å². The topological polar surface area (TPSA) is 58.6 Å². The first kappa shape index (κ1) is 17.1. The minimum absolute atomic E-state index is 0.172. The molecule has 1 fully saturated rings. The van der Waals surface area contributed by atoms with Gasteiger partial charge in [0.15, 0.2) is 0 Å². The minimum atomic E-state index is -0.221. The summed E-state index contributed by atoms with van der Waals surface area (Å²) in [6, 6.07) is 14.3. The molecular weight excluding hydrogens is 348 g/mol. The molecule has 2 aliphatic rings. The third-order valence-corrected chi connectivity index (χ3v) is 5.86. The van der Waals surface area contributed by atoms with Crippen molar-refractivity contribution in [3.63, 3.8) is 0 Å². The number of amides is 2. The molecule has 2 heterocycles. The predicted octanol–water partition coefficient (Wildman–Crippen LogP) is 3.24. The summed E-state index contributed by atoms with van der Waals surface area (Å²) in [5, 5.41) is 2.44. The molecule has 0 aliphatic carbocycles. The number of hydrogen-bond donors (Lipinski definition) is 1. The Bertz CT molecular complexity index is 851. The average molecular weight is 368 g/mol. The second-order valence-corrected chi connectivity index (χ2v) is 7.77. The molecule has 1 atom stereocenters. The third-order valence-electron chi connectivity index (χ3n) is 4.86.